The minimum absolute atomic E-state index is 0.0680. The molecule has 0 fully saturated rings. The van der Waals surface area contributed by atoms with Crippen LogP contribution in [0.5, 0.6) is 11.5 Å². The van der Waals surface area contributed by atoms with Gasteiger partial charge in [-0.15, -0.1) is 0 Å². The van der Waals surface area contributed by atoms with Crippen LogP contribution in [0.4, 0.5) is 0 Å². The monoisotopic (exact) mass is 388 g/mol. The Kier molecular flexibility index (Phi) is 5.77. The van der Waals surface area contributed by atoms with Crippen LogP contribution in [0.25, 0.3) is 22.3 Å². The smallest absolute Gasteiger partial charge is 0.137 e. The van der Waals surface area contributed by atoms with Gasteiger partial charge in [-0.25, -0.2) is 4.98 Å². The molecular weight excluding hydrogens is 364 g/mol. The molecule has 5 heteroatoms. The molecule has 0 amide bonds. The van der Waals surface area contributed by atoms with Crippen LogP contribution in [0.15, 0.2) is 72.9 Å². The Balaban J connectivity index is 1.65. The van der Waals surface area contributed by atoms with Crippen molar-refractivity contribution < 1.29 is 14.2 Å². The fourth-order valence-electron chi connectivity index (χ4n) is 3.23. The molecule has 148 valence electrons. The van der Waals surface area contributed by atoms with Crippen molar-refractivity contribution in [1.82, 2.24) is 9.97 Å². The molecule has 0 aliphatic carbocycles. The second kappa shape index (κ2) is 8.80. The van der Waals surface area contributed by atoms with Gasteiger partial charge >= 0.3 is 0 Å². The standard InChI is InChI=1S/C24H24N2O3/c1-17(15-27-2)29-22-12-20(23-13-19-9-6-10-25-24(19)26-23)11-21(14-22)28-16-18-7-4-3-5-8-18/h3-14,17H,15-16H2,1-2H3,(H,25,26)/t17-/m0/s1. The maximum Gasteiger partial charge on any atom is 0.137 e. The summed E-state index contributed by atoms with van der Waals surface area (Å²) >= 11 is 0. The highest BCUT2D eigenvalue weighted by Crippen LogP contribution is 2.32. The van der Waals surface area contributed by atoms with Gasteiger partial charge in [0.15, 0.2) is 0 Å². The first-order valence-corrected chi connectivity index (χ1v) is 9.63. The number of rotatable bonds is 8. The second-order valence-corrected chi connectivity index (χ2v) is 6.98. The van der Waals surface area contributed by atoms with Gasteiger partial charge in [0.25, 0.3) is 0 Å². The number of nitrogens with one attached hydrogen (secondary N) is 1. The van der Waals surface area contributed by atoms with Gasteiger partial charge in [-0.05, 0) is 42.8 Å². The Morgan fingerprint density at radius 2 is 1.79 bits per heavy atom. The zero-order chi connectivity index (χ0) is 20.1. The van der Waals surface area contributed by atoms with Crippen LogP contribution in [0.3, 0.4) is 0 Å². The summed E-state index contributed by atoms with van der Waals surface area (Å²) < 4.78 is 17.3. The summed E-state index contributed by atoms with van der Waals surface area (Å²) in [6.45, 7) is 2.99. The molecule has 0 bridgehead atoms. The molecule has 2 aromatic heterocycles. The molecule has 2 aromatic carbocycles. The molecule has 0 saturated carbocycles. The molecule has 4 aromatic rings. The lowest BCUT2D eigenvalue weighted by atomic mass is 10.1. The van der Waals surface area contributed by atoms with E-state index in [0.717, 1.165) is 39.4 Å². The van der Waals surface area contributed by atoms with Crippen molar-refractivity contribution in [3.8, 4) is 22.8 Å². The number of ether oxygens (including phenoxy) is 3. The number of H-pyrrole nitrogens is 1. The minimum atomic E-state index is -0.0680. The summed E-state index contributed by atoms with van der Waals surface area (Å²) in [6, 6.07) is 22.1. The summed E-state index contributed by atoms with van der Waals surface area (Å²) in [5, 5.41) is 1.06. The Morgan fingerprint density at radius 3 is 2.59 bits per heavy atom. The van der Waals surface area contributed by atoms with E-state index in [9.17, 15) is 0 Å². The van der Waals surface area contributed by atoms with Gasteiger partial charge in [0.1, 0.15) is 29.9 Å². The third kappa shape index (κ3) is 4.76. The fraction of sp³-hybridized carbons (Fsp3) is 0.208. The molecular formula is C24H24N2O3. The van der Waals surface area contributed by atoms with E-state index in [1.807, 2.05) is 67.6 Å². The highest BCUT2D eigenvalue weighted by Gasteiger charge is 2.11. The summed E-state index contributed by atoms with van der Waals surface area (Å²) in [7, 11) is 1.67. The molecule has 0 aliphatic heterocycles. The number of benzene rings is 2. The highest BCUT2D eigenvalue weighted by molar-refractivity contribution is 5.83. The van der Waals surface area contributed by atoms with Gasteiger partial charge in [0.2, 0.25) is 0 Å². The van der Waals surface area contributed by atoms with Gasteiger partial charge in [-0.3, -0.25) is 0 Å². The van der Waals surface area contributed by atoms with Crippen LogP contribution in [0.1, 0.15) is 12.5 Å². The summed E-state index contributed by atoms with van der Waals surface area (Å²) in [6.07, 6.45) is 1.71. The minimum Gasteiger partial charge on any atom is -0.489 e. The van der Waals surface area contributed by atoms with Crippen molar-refractivity contribution in [2.24, 2.45) is 0 Å². The van der Waals surface area contributed by atoms with Gasteiger partial charge in [0.05, 0.1) is 6.61 Å². The molecule has 29 heavy (non-hydrogen) atoms. The Bertz CT molecular complexity index is 1040. The topological polar surface area (TPSA) is 56.4 Å². The lowest BCUT2D eigenvalue weighted by Crippen LogP contribution is -2.18. The SMILES string of the molecule is COC[C@H](C)Oc1cc(OCc2ccccc2)cc(-c2cc3cccnc3[nH]2)c1. The molecule has 0 radical (unpaired) electrons. The number of nitrogens with zero attached hydrogens (tertiary/aromatic N) is 1. The Morgan fingerprint density at radius 1 is 0.966 bits per heavy atom. The average Bonchev–Trinajstić information content (AvgIpc) is 3.17. The van der Waals surface area contributed by atoms with Crippen LogP contribution >= 0.6 is 0 Å². The average molecular weight is 388 g/mol. The van der Waals surface area contributed by atoms with Crippen molar-refractivity contribution in [1.29, 1.82) is 0 Å². The number of aromatic amines is 1. The maximum atomic E-state index is 6.07. The predicted molar refractivity (Wildman–Crippen MR) is 114 cm³/mol. The van der Waals surface area contributed by atoms with Crippen LogP contribution in [-0.4, -0.2) is 29.8 Å². The lowest BCUT2D eigenvalue weighted by molar-refractivity contribution is 0.0919. The number of methoxy groups -OCH3 is 1. The van der Waals surface area contributed by atoms with Crippen molar-refractivity contribution in [2.45, 2.75) is 19.6 Å². The lowest BCUT2D eigenvalue weighted by Gasteiger charge is -2.16. The third-order valence-electron chi connectivity index (χ3n) is 4.57. The molecule has 4 rings (SSSR count). The number of pyridine rings is 1. The summed E-state index contributed by atoms with van der Waals surface area (Å²) in [4.78, 5) is 7.76. The van der Waals surface area contributed by atoms with E-state index >= 15 is 0 Å². The fourth-order valence-corrected chi connectivity index (χ4v) is 3.23. The Hall–Kier alpha value is -3.31. The largest absolute Gasteiger partial charge is 0.489 e. The van der Waals surface area contributed by atoms with E-state index in [1.54, 1.807) is 13.3 Å². The predicted octanol–water partition coefficient (Wildman–Crippen LogP) is 5.22. The van der Waals surface area contributed by atoms with E-state index in [1.165, 1.54) is 0 Å². The van der Waals surface area contributed by atoms with Gasteiger partial charge in [0, 0.05) is 36.0 Å². The maximum absolute atomic E-state index is 6.07. The summed E-state index contributed by atoms with van der Waals surface area (Å²) in [5.41, 5.74) is 3.91. The van der Waals surface area contributed by atoms with Gasteiger partial charge in [-0.2, -0.15) is 0 Å². The number of hydrogen-bond donors (Lipinski definition) is 1. The van der Waals surface area contributed by atoms with Gasteiger partial charge < -0.3 is 19.2 Å². The van der Waals surface area contributed by atoms with E-state index in [2.05, 4.69) is 16.0 Å². The zero-order valence-electron chi connectivity index (χ0n) is 16.6. The van der Waals surface area contributed by atoms with Crippen molar-refractivity contribution in [3.63, 3.8) is 0 Å². The van der Waals surface area contributed by atoms with Crippen LogP contribution in [0.2, 0.25) is 0 Å². The van der Waals surface area contributed by atoms with Crippen LogP contribution < -0.4 is 9.47 Å². The molecule has 0 saturated heterocycles. The second-order valence-electron chi connectivity index (χ2n) is 6.98. The molecule has 0 spiro atoms. The van der Waals surface area contributed by atoms with Crippen molar-refractivity contribution >= 4 is 11.0 Å². The van der Waals surface area contributed by atoms with Crippen molar-refractivity contribution in [2.75, 3.05) is 13.7 Å². The van der Waals surface area contributed by atoms with Gasteiger partial charge in [-0.1, -0.05) is 30.3 Å². The molecule has 2 heterocycles. The van der Waals surface area contributed by atoms with Crippen molar-refractivity contribution in [3.05, 3.63) is 78.5 Å². The van der Waals surface area contributed by atoms with E-state index in [0.29, 0.717) is 13.2 Å². The van der Waals surface area contributed by atoms with E-state index < -0.39 is 0 Å². The quantitative estimate of drug-likeness (QED) is 0.449. The number of fused-ring (bicyclic) bond motifs is 1. The molecule has 0 aliphatic rings. The normalized spacial score (nSPS) is 12.1. The van der Waals surface area contributed by atoms with E-state index in [4.69, 9.17) is 14.2 Å². The van der Waals surface area contributed by atoms with Crippen LogP contribution in [0, 0.1) is 0 Å². The first-order chi connectivity index (χ1) is 14.2. The van der Waals surface area contributed by atoms with E-state index in [-0.39, 0.29) is 6.10 Å². The Labute approximate surface area is 170 Å². The molecule has 5 nitrogen and oxygen atoms in total. The highest BCUT2D eigenvalue weighted by atomic mass is 16.5. The molecule has 0 unspecified atom stereocenters. The molecule has 1 N–H and O–H groups in total. The number of aromatic nitrogens is 2. The van der Waals surface area contributed by atoms with Crippen LogP contribution in [-0.2, 0) is 11.3 Å². The first kappa shape index (κ1) is 19.0. The summed E-state index contributed by atoms with van der Waals surface area (Å²) in [5.74, 6) is 1.49. The number of hydrogen-bond acceptors (Lipinski definition) is 4. The zero-order valence-corrected chi connectivity index (χ0v) is 16.6. The molecule has 1 atom stereocenters. The third-order valence-corrected chi connectivity index (χ3v) is 4.57. The first-order valence-electron chi connectivity index (χ1n) is 9.63.